The summed E-state index contributed by atoms with van der Waals surface area (Å²) in [7, 11) is 0. The number of carbonyl (C=O) groups is 2. The summed E-state index contributed by atoms with van der Waals surface area (Å²) in [4.78, 5) is 34.9. The minimum absolute atomic E-state index is 0.0912. The number of aromatic nitrogens is 1. The van der Waals surface area contributed by atoms with Crippen molar-refractivity contribution in [2.45, 2.75) is 44.7 Å². The standard InChI is InChI=1S/C20H28N4O3/c1-14-6-7-15(12-21-14)18-17(13-24(18)20(26)27)19(25)23-9-3-8-22(10-11-23)16-4-2-5-16/h6-7,12,16-18H,2-5,8-11,13H2,1H3,(H,26,27). The third-order valence-corrected chi connectivity index (χ3v) is 6.38. The van der Waals surface area contributed by atoms with E-state index in [4.69, 9.17) is 0 Å². The second-order valence-corrected chi connectivity index (χ2v) is 8.02. The molecule has 1 aliphatic carbocycles. The Balaban J connectivity index is 1.45. The van der Waals surface area contributed by atoms with Crippen molar-refractivity contribution in [2.75, 3.05) is 32.7 Å². The normalized spacial score (nSPS) is 26.9. The number of hydrogen-bond acceptors (Lipinski definition) is 4. The van der Waals surface area contributed by atoms with Crippen molar-refractivity contribution >= 4 is 12.0 Å². The Morgan fingerprint density at radius 3 is 2.56 bits per heavy atom. The summed E-state index contributed by atoms with van der Waals surface area (Å²) in [5.41, 5.74) is 1.69. The smallest absolute Gasteiger partial charge is 0.407 e. The summed E-state index contributed by atoms with van der Waals surface area (Å²) < 4.78 is 0. The molecule has 27 heavy (non-hydrogen) atoms. The van der Waals surface area contributed by atoms with Gasteiger partial charge in [0.15, 0.2) is 0 Å². The summed E-state index contributed by atoms with van der Waals surface area (Å²) >= 11 is 0. The minimum atomic E-state index is -0.975. The van der Waals surface area contributed by atoms with Gasteiger partial charge in [-0.15, -0.1) is 0 Å². The highest BCUT2D eigenvalue weighted by atomic mass is 16.4. The molecule has 1 N–H and O–H groups in total. The minimum Gasteiger partial charge on any atom is -0.465 e. The first-order chi connectivity index (χ1) is 13.0. The van der Waals surface area contributed by atoms with Crippen LogP contribution in [0, 0.1) is 12.8 Å². The van der Waals surface area contributed by atoms with Gasteiger partial charge in [-0.3, -0.25) is 19.6 Å². The molecule has 1 saturated carbocycles. The Labute approximate surface area is 160 Å². The van der Waals surface area contributed by atoms with Crippen molar-refractivity contribution < 1.29 is 14.7 Å². The number of pyridine rings is 1. The lowest BCUT2D eigenvalue weighted by atomic mass is 9.83. The van der Waals surface area contributed by atoms with Crippen molar-refractivity contribution in [3.63, 3.8) is 0 Å². The molecule has 2 saturated heterocycles. The molecule has 2 aliphatic heterocycles. The molecule has 1 aromatic heterocycles. The molecule has 2 atom stereocenters. The molecule has 1 aromatic rings. The third-order valence-electron chi connectivity index (χ3n) is 6.38. The molecule has 0 bridgehead atoms. The second kappa shape index (κ2) is 7.46. The van der Waals surface area contributed by atoms with Crippen molar-refractivity contribution in [3.05, 3.63) is 29.6 Å². The van der Waals surface area contributed by atoms with E-state index in [9.17, 15) is 14.7 Å². The Morgan fingerprint density at radius 2 is 1.93 bits per heavy atom. The SMILES string of the molecule is Cc1ccc(C2C(C(=O)N3CCCN(C4CCC4)CC3)CN2C(=O)O)cn1. The molecule has 3 fully saturated rings. The molecule has 2 unspecified atom stereocenters. The Morgan fingerprint density at radius 1 is 1.11 bits per heavy atom. The highest BCUT2D eigenvalue weighted by molar-refractivity contribution is 5.83. The zero-order valence-corrected chi connectivity index (χ0v) is 15.9. The predicted octanol–water partition coefficient (Wildman–Crippen LogP) is 2.13. The van der Waals surface area contributed by atoms with Gasteiger partial charge in [-0.1, -0.05) is 12.5 Å². The Kier molecular flexibility index (Phi) is 5.04. The van der Waals surface area contributed by atoms with Gasteiger partial charge in [0, 0.05) is 50.7 Å². The molecular weight excluding hydrogens is 344 g/mol. The first-order valence-corrected chi connectivity index (χ1v) is 9.99. The van der Waals surface area contributed by atoms with Crippen LogP contribution in [0.4, 0.5) is 4.79 Å². The van der Waals surface area contributed by atoms with Gasteiger partial charge in [0.2, 0.25) is 5.91 Å². The van der Waals surface area contributed by atoms with E-state index in [1.54, 1.807) is 6.20 Å². The van der Waals surface area contributed by atoms with Crippen LogP contribution >= 0.6 is 0 Å². The largest absolute Gasteiger partial charge is 0.465 e. The molecule has 146 valence electrons. The third kappa shape index (κ3) is 3.52. The number of likely N-dealkylation sites (tertiary alicyclic amines) is 1. The first kappa shape index (κ1) is 18.2. The van der Waals surface area contributed by atoms with Gasteiger partial charge in [-0.25, -0.2) is 4.79 Å². The van der Waals surface area contributed by atoms with Crippen LogP contribution in [0.5, 0.6) is 0 Å². The molecule has 0 spiro atoms. The molecule has 2 amide bonds. The maximum absolute atomic E-state index is 13.2. The average molecular weight is 372 g/mol. The number of amides is 2. The van der Waals surface area contributed by atoms with Gasteiger partial charge in [0.05, 0.1) is 12.0 Å². The fourth-order valence-electron chi connectivity index (χ4n) is 4.49. The van der Waals surface area contributed by atoms with Crippen LogP contribution in [-0.2, 0) is 4.79 Å². The number of rotatable bonds is 3. The van der Waals surface area contributed by atoms with E-state index in [0.717, 1.165) is 43.9 Å². The van der Waals surface area contributed by atoms with Crippen LogP contribution in [0.3, 0.4) is 0 Å². The number of aryl methyl sites for hydroxylation is 1. The number of nitrogens with zero attached hydrogens (tertiary/aromatic N) is 4. The van der Waals surface area contributed by atoms with Crippen molar-refractivity contribution in [1.82, 2.24) is 19.7 Å². The maximum atomic E-state index is 13.2. The second-order valence-electron chi connectivity index (χ2n) is 8.02. The molecule has 0 aromatic carbocycles. The van der Waals surface area contributed by atoms with E-state index in [1.165, 1.54) is 24.2 Å². The van der Waals surface area contributed by atoms with Gasteiger partial charge < -0.3 is 10.0 Å². The van der Waals surface area contributed by atoms with Crippen LogP contribution < -0.4 is 0 Å². The van der Waals surface area contributed by atoms with E-state index in [1.807, 2.05) is 24.0 Å². The van der Waals surface area contributed by atoms with E-state index >= 15 is 0 Å². The molecule has 7 heteroatoms. The highest BCUT2D eigenvalue weighted by Crippen LogP contribution is 2.40. The van der Waals surface area contributed by atoms with E-state index in [-0.39, 0.29) is 18.4 Å². The molecule has 4 rings (SSSR count). The topological polar surface area (TPSA) is 77.0 Å². The van der Waals surface area contributed by atoms with E-state index in [2.05, 4.69) is 9.88 Å². The van der Waals surface area contributed by atoms with Crippen molar-refractivity contribution in [2.24, 2.45) is 5.92 Å². The Hall–Kier alpha value is -2.15. The summed E-state index contributed by atoms with van der Waals surface area (Å²) in [5, 5.41) is 9.48. The van der Waals surface area contributed by atoms with E-state index in [0.29, 0.717) is 6.04 Å². The zero-order chi connectivity index (χ0) is 19.0. The van der Waals surface area contributed by atoms with Crippen molar-refractivity contribution in [3.8, 4) is 0 Å². The maximum Gasteiger partial charge on any atom is 0.407 e. The van der Waals surface area contributed by atoms with Gasteiger partial charge >= 0.3 is 6.09 Å². The summed E-state index contributed by atoms with van der Waals surface area (Å²) in [6, 6.07) is 4.05. The van der Waals surface area contributed by atoms with Crippen LogP contribution in [0.2, 0.25) is 0 Å². The first-order valence-electron chi connectivity index (χ1n) is 9.99. The summed E-state index contributed by atoms with van der Waals surface area (Å²) in [6.45, 7) is 5.68. The lowest BCUT2D eigenvalue weighted by molar-refractivity contribution is -0.144. The average Bonchev–Trinajstić information content (AvgIpc) is 2.80. The number of carboxylic acid groups (broad SMARTS) is 1. The molecule has 3 aliphatic rings. The van der Waals surface area contributed by atoms with Crippen LogP contribution in [0.25, 0.3) is 0 Å². The van der Waals surface area contributed by atoms with E-state index < -0.39 is 12.1 Å². The lowest BCUT2D eigenvalue weighted by Gasteiger charge is -2.47. The zero-order valence-electron chi connectivity index (χ0n) is 15.9. The van der Waals surface area contributed by atoms with Crippen molar-refractivity contribution in [1.29, 1.82) is 0 Å². The van der Waals surface area contributed by atoms with Crippen LogP contribution in [0.15, 0.2) is 18.3 Å². The van der Waals surface area contributed by atoms with Gasteiger partial charge in [0.25, 0.3) is 0 Å². The number of carbonyl (C=O) groups excluding carboxylic acids is 1. The fourth-order valence-corrected chi connectivity index (χ4v) is 4.49. The Bertz CT molecular complexity index is 704. The predicted molar refractivity (Wildman–Crippen MR) is 100 cm³/mol. The lowest BCUT2D eigenvalue weighted by Crippen LogP contribution is -2.58. The summed E-state index contributed by atoms with van der Waals surface area (Å²) in [5.74, 6) is -0.214. The van der Waals surface area contributed by atoms with Gasteiger partial charge in [-0.2, -0.15) is 0 Å². The molecule has 7 nitrogen and oxygen atoms in total. The molecular formula is C20H28N4O3. The molecule has 3 heterocycles. The molecule has 0 radical (unpaired) electrons. The quantitative estimate of drug-likeness (QED) is 0.880. The van der Waals surface area contributed by atoms with Crippen LogP contribution in [0.1, 0.15) is 43.0 Å². The van der Waals surface area contributed by atoms with Crippen LogP contribution in [-0.4, -0.2) is 75.6 Å². The number of hydrogen-bond donors (Lipinski definition) is 1. The van der Waals surface area contributed by atoms with Gasteiger partial charge in [0.1, 0.15) is 0 Å². The monoisotopic (exact) mass is 372 g/mol. The fraction of sp³-hybridized carbons (Fsp3) is 0.650. The highest BCUT2D eigenvalue weighted by Gasteiger charge is 2.48. The van der Waals surface area contributed by atoms with Gasteiger partial charge in [-0.05, 0) is 37.8 Å². The summed E-state index contributed by atoms with van der Waals surface area (Å²) in [6.07, 6.45) is 5.61.